The van der Waals surface area contributed by atoms with Crippen LogP contribution in [0.1, 0.15) is 55.6 Å². The Labute approximate surface area is 603 Å². The standard InChI is InChI=1S/C51H36N2.C49H32N2/c1-33-31-35(27-29-45(33)52-47-23-11-5-17-39(47)40-18-6-12-24-48(40)52)51(43-21-9-3-15-37(43)38-16-4-10-22-44(38)51)36-28-30-46(34(2)32-36)53-49-25-13-7-19-41(49)42-20-8-14-26-50(42)53;1-7-19-43-37(13-1)38-14-2-8-20-44(38)49(43,33-25-29-35(30-26-33)50-45-21-9-3-15-39(45)40-16-4-10-22-46(40)50)34-27-31-36(32-28-34)51-47-23-11-5-17-41(47)42-18-6-12-24-48(42)51/h3-32H,1-2H3;1-32H. The minimum atomic E-state index is -0.499. The number of hydrogen-bond donors (Lipinski definition) is 0. The molecule has 0 atom stereocenters. The highest BCUT2D eigenvalue weighted by atomic mass is 15.0. The van der Waals surface area contributed by atoms with Crippen molar-refractivity contribution in [3.05, 3.63) is 432 Å². The van der Waals surface area contributed by atoms with Gasteiger partial charge in [0.2, 0.25) is 0 Å². The van der Waals surface area contributed by atoms with E-state index in [4.69, 9.17) is 0 Å². The first-order chi connectivity index (χ1) is 51.5. The Morgan fingerprint density at radius 2 is 0.385 bits per heavy atom. The molecule has 4 heteroatoms. The van der Waals surface area contributed by atoms with Crippen molar-refractivity contribution in [2.45, 2.75) is 24.7 Å². The molecule has 0 spiro atoms. The van der Waals surface area contributed by atoms with Gasteiger partial charge in [-0.1, -0.05) is 291 Å². The van der Waals surface area contributed by atoms with Gasteiger partial charge in [-0.15, -0.1) is 0 Å². The van der Waals surface area contributed by atoms with Crippen LogP contribution in [0.15, 0.2) is 376 Å². The van der Waals surface area contributed by atoms with Gasteiger partial charge in [-0.3, -0.25) is 0 Å². The molecule has 0 aliphatic heterocycles. The maximum Gasteiger partial charge on any atom is 0.0713 e. The smallest absolute Gasteiger partial charge is 0.0713 e. The minimum absolute atomic E-state index is 0.480. The molecule has 488 valence electrons. The van der Waals surface area contributed by atoms with Crippen LogP contribution in [-0.4, -0.2) is 18.3 Å². The zero-order chi connectivity index (χ0) is 68.8. The number of para-hydroxylation sites is 8. The van der Waals surface area contributed by atoms with Crippen LogP contribution in [-0.2, 0) is 10.8 Å². The van der Waals surface area contributed by atoms with Crippen LogP contribution in [0.25, 0.3) is 132 Å². The fraction of sp³-hybridized carbons (Fsp3) is 0.0400. The van der Waals surface area contributed by atoms with Crippen molar-refractivity contribution in [3.63, 3.8) is 0 Å². The summed E-state index contributed by atoms with van der Waals surface area (Å²) in [5.41, 5.74) is 31.6. The third kappa shape index (κ3) is 8.42. The van der Waals surface area contributed by atoms with E-state index in [2.05, 4.69) is 408 Å². The molecule has 0 saturated heterocycles. The van der Waals surface area contributed by atoms with Gasteiger partial charge in [-0.2, -0.15) is 0 Å². The molecule has 0 bridgehead atoms. The first-order valence-electron chi connectivity index (χ1n) is 36.2. The SMILES string of the molecule is Cc1cc(C2(c3ccc(-n4c5ccccc5c5ccccc54)c(C)c3)c3ccccc3-c3ccccc32)ccc1-n1c2ccccc2c2ccccc21.c1ccc2c(c1)-c1ccccc1C2(c1ccc(-n2c3ccccc3c3ccccc32)cc1)c1ccc(-n2c3ccccc3c3ccccc32)cc1. The largest absolute Gasteiger partial charge is 0.309 e. The Morgan fingerprint density at radius 1 is 0.183 bits per heavy atom. The van der Waals surface area contributed by atoms with Gasteiger partial charge >= 0.3 is 0 Å². The third-order valence-corrected chi connectivity index (χ3v) is 23.1. The lowest BCUT2D eigenvalue weighted by molar-refractivity contribution is 0.765. The monoisotopic (exact) mass is 1320 g/mol. The van der Waals surface area contributed by atoms with Gasteiger partial charge in [0.1, 0.15) is 0 Å². The highest BCUT2D eigenvalue weighted by Crippen LogP contribution is 2.59. The van der Waals surface area contributed by atoms with Crippen molar-refractivity contribution in [1.82, 2.24) is 18.3 Å². The molecule has 0 fully saturated rings. The quantitative estimate of drug-likeness (QED) is 0.144. The van der Waals surface area contributed by atoms with Gasteiger partial charge < -0.3 is 18.3 Å². The maximum atomic E-state index is 2.45. The molecule has 0 amide bonds. The van der Waals surface area contributed by atoms with Crippen LogP contribution in [0.2, 0.25) is 0 Å². The highest BCUT2D eigenvalue weighted by molar-refractivity contribution is 6.12. The molecule has 16 aromatic carbocycles. The topological polar surface area (TPSA) is 19.7 Å². The number of aryl methyl sites for hydroxylation is 2. The lowest BCUT2D eigenvalue weighted by Crippen LogP contribution is -2.29. The molecule has 4 aromatic heterocycles. The highest BCUT2D eigenvalue weighted by Gasteiger charge is 2.48. The number of fused-ring (bicyclic) bond motifs is 18. The Morgan fingerprint density at radius 3 is 0.635 bits per heavy atom. The molecule has 0 unspecified atom stereocenters. The molecule has 0 saturated carbocycles. The van der Waals surface area contributed by atoms with Crippen LogP contribution in [0.3, 0.4) is 0 Å². The Kier molecular flexibility index (Phi) is 13.3. The van der Waals surface area contributed by atoms with Gasteiger partial charge in [0, 0.05) is 65.8 Å². The summed E-state index contributed by atoms with van der Waals surface area (Å²) in [4.78, 5) is 0. The van der Waals surface area contributed by atoms with E-state index in [1.807, 2.05) is 0 Å². The Balaban J connectivity index is 0.000000134. The Hall–Kier alpha value is -13.3. The van der Waals surface area contributed by atoms with Gasteiger partial charge in [-0.05, 0) is 177 Å². The van der Waals surface area contributed by atoms with Crippen LogP contribution in [0.5, 0.6) is 0 Å². The molecule has 0 N–H and O–H groups in total. The van der Waals surface area contributed by atoms with Crippen molar-refractivity contribution in [2.75, 3.05) is 0 Å². The van der Waals surface area contributed by atoms with Crippen molar-refractivity contribution in [2.24, 2.45) is 0 Å². The fourth-order valence-corrected chi connectivity index (χ4v) is 18.8. The summed E-state index contributed by atoms with van der Waals surface area (Å²) in [6.07, 6.45) is 0. The number of rotatable bonds is 8. The van der Waals surface area contributed by atoms with E-state index in [-0.39, 0.29) is 0 Å². The zero-order valence-electron chi connectivity index (χ0n) is 57.6. The summed E-state index contributed by atoms with van der Waals surface area (Å²) in [5.74, 6) is 0. The third-order valence-electron chi connectivity index (χ3n) is 23.1. The second-order valence-corrected chi connectivity index (χ2v) is 28.3. The number of aromatic nitrogens is 4. The lowest BCUT2D eigenvalue weighted by Gasteiger charge is -2.35. The molecule has 4 heterocycles. The van der Waals surface area contributed by atoms with E-state index in [1.54, 1.807) is 0 Å². The van der Waals surface area contributed by atoms with Gasteiger partial charge in [0.25, 0.3) is 0 Å². The number of benzene rings is 16. The van der Waals surface area contributed by atoms with E-state index in [0.29, 0.717) is 0 Å². The average molecular weight is 1330 g/mol. The predicted octanol–water partition coefficient (Wildman–Crippen LogP) is 25.1. The molecular weight excluding hydrogens is 1260 g/mol. The molecule has 4 nitrogen and oxygen atoms in total. The maximum absolute atomic E-state index is 2.45. The predicted molar refractivity (Wildman–Crippen MR) is 434 cm³/mol. The summed E-state index contributed by atoms with van der Waals surface area (Å²) >= 11 is 0. The van der Waals surface area contributed by atoms with Gasteiger partial charge in [0.05, 0.1) is 55.0 Å². The molecular formula is C100H68N4. The van der Waals surface area contributed by atoms with Gasteiger partial charge in [0.15, 0.2) is 0 Å². The summed E-state index contributed by atoms with van der Waals surface area (Å²) < 4.78 is 9.69. The Bertz CT molecular complexity index is 6260. The molecule has 2 aliphatic rings. The summed E-state index contributed by atoms with van der Waals surface area (Å²) in [7, 11) is 0. The molecule has 0 radical (unpaired) electrons. The van der Waals surface area contributed by atoms with E-state index in [0.717, 1.165) is 11.4 Å². The summed E-state index contributed by atoms with van der Waals surface area (Å²) in [6.45, 7) is 4.55. The second-order valence-electron chi connectivity index (χ2n) is 28.3. The van der Waals surface area contributed by atoms with E-state index < -0.39 is 10.8 Å². The fourth-order valence-electron chi connectivity index (χ4n) is 18.8. The average Bonchev–Trinajstić information content (AvgIpc) is 1.52. The van der Waals surface area contributed by atoms with Crippen LogP contribution >= 0.6 is 0 Å². The number of hydrogen-bond acceptors (Lipinski definition) is 0. The molecule has 20 aromatic rings. The molecule has 104 heavy (non-hydrogen) atoms. The van der Waals surface area contributed by atoms with Crippen molar-refractivity contribution >= 4 is 87.2 Å². The van der Waals surface area contributed by atoms with E-state index >= 15 is 0 Å². The van der Waals surface area contributed by atoms with Gasteiger partial charge in [-0.25, -0.2) is 0 Å². The first-order valence-corrected chi connectivity index (χ1v) is 36.2. The normalized spacial score (nSPS) is 13.2. The second kappa shape index (κ2) is 23.1. The van der Waals surface area contributed by atoms with E-state index in [1.165, 1.54) is 176 Å². The summed E-state index contributed by atoms with van der Waals surface area (Å²) in [6, 6.07) is 139. The number of nitrogens with zero attached hydrogens (tertiary/aromatic N) is 4. The van der Waals surface area contributed by atoms with Crippen LogP contribution in [0, 0.1) is 13.8 Å². The van der Waals surface area contributed by atoms with Crippen LogP contribution in [0.4, 0.5) is 0 Å². The molecule has 22 rings (SSSR count). The lowest BCUT2D eigenvalue weighted by atomic mass is 9.67. The molecule has 2 aliphatic carbocycles. The van der Waals surface area contributed by atoms with Crippen molar-refractivity contribution in [1.29, 1.82) is 0 Å². The first kappa shape index (κ1) is 59.6. The zero-order valence-corrected chi connectivity index (χ0v) is 57.6. The summed E-state index contributed by atoms with van der Waals surface area (Å²) in [5, 5.41) is 10.2. The van der Waals surface area contributed by atoms with Crippen LogP contribution < -0.4 is 0 Å². The minimum Gasteiger partial charge on any atom is -0.309 e. The van der Waals surface area contributed by atoms with E-state index in [9.17, 15) is 0 Å². The van der Waals surface area contributed by atoms with Crippen molar-refractivity contribution < 1.29 is 0 Å². The van der Waals surface area contributed by atoms with Crippen molar-refractivity contribution in [3.8, 4) is 45.0 Å².